The van der Waals surface area contributed by atoms with E-state index in [0.717, 1.165) is 24.8 Å². The van der Waals surface area contributed by atoms with Gasteiger partial charge in [0.05, 0.1) is 30.0 Å². The summed E-state index contributed by atoms with van der Waals surface area (Å²) < 4.78 is 29.2. The van der Waals surface area contributed by atoms with E-state index in [4.69, 9.17) is 18.3 Å². The van der Waals surface area contributed by atoms with Gasteiger partial charge in [-0.3, -0.25) is 4.79 Å². The van der Waals surface area contributed by atoms with Crippen LogP contribution in [0, 0.1) is 23.7 Å². The lowest BCUT2D eigenvalue weighted by molar-refractivity contribution is -0.265. The van der Waals surface area contributed by atoms with E-state index < -0.39 is 39.5 Å². The lowest BCUT2D eigenvalue weighted by Gasteiger charge is -2.60. The minimum absolute atomic E-state index is 0.0458. The maximum absolute atomic E-state index is 14.0. The molecular formula is C40H58O5Si2. The fraction of sp³-hybridized carbons (Fsp3) is 0.625. The Morgan fingerprint density at radius 2 is 1.60 bits per heavy atom. The summed E-state index contributed by atoms with van der Waals surface area (Å²) in [5.74, 6) is 0.631. The van der Waals surface area contributed by atoms with Crippen molar-refractivity contribution < 1.29 is 23.1 Å². The summed E-state index contributed by atoms with van der Waals surface area (Å²) in [5.41, 5.74) is 2.06. The first-order valence-electron chi connectivity index (χ1n) is 17.9. The quantitative estimate of drug-likeness (QED) is 0.248. The van der Waals surface area contributed by atoms with E-state index in [2.05, 4.69) is 116 Å². The van der Waals surface area contributed by atoms with Gasteiger partial charge in [-0.15, -0.1) is 0 Å². The summed E-state index contributed by atoms with van der Waals surface area (Å²) in [4.78, 5) is 14.0. The number of hydrogen-bond donors (Lipinski definition) is 0. The second-order valence-electron chi connectivity index (χ2n) is 17.8. The molecule has 5 nitrogen and oxygen atoms in total. The Morgan fingerprint density at radius 3 is 2.21 bits per heavy atom. The van der Waals surface area contributed by atoms with Gasteiger partial charge in [0.25, 0.3) is 0 Å². The molecule has 2 aromatic rings. The van der Waals surface area contributed by atoms with E-state index in [0.29, 0.717) is 25.6 Å². The van der Waals surface area contributed by atoms with Crippen molar-refractivity contribution in [3.63, 3.8) is 0 Å². The molecule has 0 radical (unpaired) electrons. The molecule has 4 aliphatic rings. The smallest absolute Gasteiger partial charge is 0.192 e. The summed E-state index contributed by atoms with van der Waals surface area (Å²) in [6, 6.07) is 21.0. The zero-order chi connectivity index (χ0) is 34.0. The standard InChI is InChI=1S/C40H58O5Si2/c1-28-21-35-39(45-46(6,7)8,32(28)23-30-17-13-11-14-18-30)26-38(27-43-47(9,10)37(3,4)5)24-33-36(42-25-31-19-15-12-16-20-31)34(41)22-29(2)40(33,35)44-38/h11-20,23,28-29,33,35-36H,21-22,24-27H2,1-10H3/b32-23-/t28-,29+,33-,35+,36+,38-,39-,40+/m0/s1. The maximum atomic E-state index is 14.0. The number of ether oxygens (including phenoxy) is 2. The SMILES string of the molecule is C[C@@H]1CC(=O)[C@H](OCc2ccccc2)[C@@H]2C[C@@]3(CO[Si](C)(C)C(C)(C)C)C[C@]4(O[Si](C)(C)C)/C(=C\c5ccccc5)[C@@H](C)C[C@H]4[C@@]12O3. The number of rotatable bonds is 9. The Bertz CT molecular complexity index is 1480. The molecule has 2 aliphatic carbocycles. The van der Waals surface area contributed by atoms with Gasteiger partial charge in [-0.1, -0.05) is 101 Å². The average molecular weight is 675 g/mol. The molecule has 47 heavy (non-hydrogen) atoms. The van der Waals surface area contributed by atoms with E-state index in [1.165, 1.54) is 11.1 Å². The molecule has 0 unspecified atom stereocenters. The highest BCUT2D eigenvalue weighted by Gasteiger charge is 2.77. The van der Waals surface area contributed by atoms with Crippen molar-refractivity contribution in [2.24, 2.45) is 23.7 Å². The minimum Gasteiger partial charge on any atom is -0.414 e. The molecule has 0 amide bonds. The maximum Gasteiger partial charge on any atom is 0.192 e. The molecule has 2 aliphatic heterocycles. The fourth-order valence-electron chi connectivity index (χ4n) is 9.33. The lowest BCUT2D eigenvalue weighted by Crippen LogP contribution is -2.68. The first-order valence-corrected chi connectivity index (χ1v) is 24.2. The summed E-state index contributed by atoms with van der Waals surface area (Å²) in [7, 11) is -4.19. The molecule has 2 heterocycles. The number of hydrogen-bond acceptors (Lipinski definition) is 5. The molecule has 6 rings (SSSR count). The number of carbonyl (C=O) groups is 1. The van der Waals surface area contributed by atoms with Crippen LogP contribution in [-0.2, 0) is 29.7 Å². The Morgan fingerprint density at radius 1 is 0.957 bits per heavy atom. The van der Waals surface area contributed by atoms with Gasteiger partial charge < -0.3 is 18.3 Å². The van der Waals surface area contributed by atoms with Gasteiger partial charge in [0.1, 0.15) is 6.10 Å². The minimum atomic E-state index is -2.11. The van der Waals surface area contributed by atoms with Crippen LogP contribution in [0.3, 0.4) is 0 Å². The van der Waals surface area contributed by atoms with Crippen LogP contribution in [0.15, 0.2) is 66.2 Å². The van der Waals surface area contributed by atoms with Gasteiger partial charge in [0.2, 0.25) is 0 Å². The van der Waals surface area contributed by atoms with Crippen LogP contribution in [0.4, 0.5) is 0 Å². The third-order valence-corrected chi connectivity index (χ3v) is 17.7. The number of benzene rings is 2. The molecule has 7 heteroatoms. The number of Topliss-reactive ketones (excluding diaryl/α,β-unsaturated/α-hetero) is 1. The van der Waals surface area contributed by atoms with Crippen molar-refractivity contribution in [1.29, 1.82) is 0 Å². The highest BCUT2D eigenvalue weighted by molar-refractivity contribution is 6.74. The molecule has 256 valence electrons. The number of ketones is 1. The Balaban J connectivity index is 1.50. The van der Waals surface area contributed by atoms with Crippen molar-refractivity contribution in [3.8, 4) is 0 Å². The van der Waals surface area contributed by atoms with E-state index >= 15 is 0 Å². The van der Waals surface area contributed by atoms with E-state index in [9.17, 15) is 4.79 Å². The first kappa shape index (κ1) is 35.0. The second kappa shape index (κ2) is 12.2. The van der Waals surface area contributed by atoms with Crippen LogP contribution >= 0.6 is 0 Å². The van der Waals surface area contributed by atoms with Gasteiger partial charge in [-0.05, 0) is 79.2 Å². The molecule has 2 saturated heterocycles. The summed E-state index contributed by atoms with van der Waals surface area (Å²) in [5, 5.41) is 0.0707. The molecule has 0 aromatic heterocycles. The van der Waals surface area contributed by atoms with Crippen LogP contribution < -0.4 is 0 Å². The molecule has 2 aromatic carbocycles. The zero-order valence-electron chi connectivity index (χ0n) is 30.5. The van der Waals surface area contributed by atoms with Crippen LogP contribution in [0.2, 0.25) is 37.8 Å². The van der Waals surface area contributed by atoms with Crippen molar-refractivity contribution in [2.75, 3.05) is 6.61 Å². The van der Waals surface area contributed by atoms with E-state index in [1.54, 1.807) is 0 Å². The normalized spacial score (nSPS) is 36.4. The van der Waals surface area contributed by atoms with Crippen LogP contribution in [0.5, 0.6) is 0 Å². The van der Waals surface area contributed by atoms with Gasteiger partial charge in [0.15, 0.2) is 22.4 Å². The zero-order valence-corrected chi connectivity index (χ0v) is 32.5. The summed E-state index contributed by atoms with van der Waals surface area (Å²) in [6.45, 7) is 24.1. The third kappa shape index (κ3) is 6.23. The molecule has 0 N–H and O–H groups in total. The molecule has 8 atom stereocenters. The number of fused-ring (bicyclic) bond motifs is 2. The van der Waals surface area contributed by atoms with Crippen LogP contribution in [0.1, 0.15) is 71.4 Å². The molecule has 2 saturated carbocycles. The number of carbonyl (C=O) groups excluding carboxylic acids is 1. The molecule has 2 bridgehead atoms. The Kier molecular flexibility index (Phi) is 9.05. The topological polar surface area (TPSA) is 54.0 Å². The van der Waals surface area contributed by atoms with Crippen molar-refractivity contribution in [3.05, 3.63) is 77.4 Å². The van der Waals surface area contributed by atoms with Crippen LogP contribution in [0.25, 0.3) is 6.08 Å². The summed E-state index contributed by atoms with van der Waals surface area (Å²) >= 11 is 0. The molecular weight excluding hydrogens is 617 g/mol. The predicted molar refractivity (Wildman–Crippen MR) is 195 cm³/mol. The fourth-order valence-corrected chi connectivity index (χ4v) is 11.8. The first-order chi connectivity index (χ1) is 21.9. The molecule has 4 fully saturated rings. The predicted octanol–water partition coefficient (Wildman–Crippen LogP) is 9.45. The van der Waals surface area contributed by atoms with Crippen molar-refractivity contribution >= 4 is 28.5 Å². The van der Waals surface area contributed by atoms with Crippen molar-refractivity contribution in [1.82, 2.24) is 0 Å². The highest BCUT2D eigenvalue weighted by atomic mass is 28.4. The van der Waals surface area contributed by atoms with Gasteiger partial charge in [-0.25, -0.2) is 0 Å². The average Bonchev–Trinajstić information content (AvgIpc) is 3.42. The van der Waals surface area contributed by atoms with Crippen LogP contribution in [-0.4, -0.2) is 51.9 Å². The third-order valence-electron chi connectivity index (χ3n) is 12.2. The van der Waals surface area contributed by atoms with E-state index in [-0.39, 0.29) is 28.6 Å². The monoisotopic (exact) mass is 674 g/mol. The van der Waals surface area contributed by atoms with E-state index in [1.807, 2.05) is 18.2 Å². The van der Waals surface area contributed by atoms with Crippen molar-refractivity contribution in [2.45, 2.75) is 128 Å². The second-order valence-corrected chi connectivity index (χ2v) is 27.0. The van der Waals surface area contributed by atoms with Gasteiger partial charge in [0, 0.05) is 24.7 Å². The Labute approximate surface area is 286 Å². The Hall–Kier alpha value is -1.88. The molecule has 1 spiro atoms. The van der Waals surface area contributed by atoms with Gasteiger partial charge >= 0.3 is 0 Å². The lowest BCUT2D eigenvalue weighted by atomic mass is 9.59. The van der Waals surface area contributed by atoms with Gasteiger partial charge in [-0.2, -0.15) is 0 Å². The highest BCUT2D eigenvalue weighted by Crippen LogP contribution is 2.70. The summed E-state index contributed by atoms with van der Waals surface area (Å²) in [6.07, 6.45) is 4.84. The largest absolute Gasteiger partial charge is 0.414 e.